The first-order valence-corrected chi connectivity index (χ1v) is 8.73. The van der Waals surface area contributed by atoms with Crippen molar-refractivity contribution in [2.45, 2.75) is 25.2 Å². The second-order valence-corrected chi connectivity index (χ2v) is 6.92. The number of anilines is 1. The van der Waals surface area contributed by atoms with Crippen molar-refractivity contribution in [3.05, 3.63) is 70.3 Å². The fraction of sp³-hybridized carbons (Fsp3) is 0.300. The van der Waals surface area contributed by atoms with Gasteiger partial charge in [0, 0.05) is 12.1 Å². The molecule has 2 aromatic carbocycles. The molecule has 1 saturated carbocycles. The molecule has 132 valence electrons. The molecule has 1 aliphatic carbocycles. The van der Waals surface area contributed by atoms with Gasteiger partial charge in [0.1, 0.15) is 0 Å². The normalized spacial score (nSPS) is 25.2. The van der Waals surface area contributed by atoms with Crippen LogP contribution in [0.15, 0.2) is 54.6 Å². The molecule has 0 bridgehead atoms. The quantitative estimate of drug-likeness (QED) is 0.480. The summed E-state index contributed by atoms with van der Waals surface area (Å²) in [6, 6.07) is 15.8. The SMILES string of the molecule is O=C1[C@H]2C[C@H](c3ccccc3)CC[C@H]2C(=O)N1c1cccc([N+](=O)[O-])c1. The van der Waals surface area contributed by atoms with Crippen molar-refractivity contribution in [1.29, 1.82) is 0 Å². The fourth-order valence-electron chi connectivity index (χ4n) is 4.21. The lowest BCUT2D eigenvalue weighted by atomic mass is 9.73. The Bertz CT molecular complexity index is 880. The van der Waals surface area contributed by atoms with Crippen LogP contribution >= 0.6 is 0 Å². The average Bonchev–Trinajstić information content (AvgIpc) is 2.92. The number of amides is 2. The molecule has 1 heterocycles. The van der Waals surface area contributed by atoms with Gasteiger partial charge in [0.2, 0.25) is 11.8 Å². The molecule has 0 aromatic heterocycles. The standard InChI is InChI=1S/C20H18N2O4/c23-19-17-10-9-14(13-5-2-1-3-6-13)11-18(17)20(24)21(19)15-7-4-8-16(12-15)22(25)26/h1-8,12,14,17-18H,9-11H2/t14-,17-,18+/m1/s1. The average molecular weight is 350 g/mol. The maximum absolute atomic E-state index is 12.9. The molecule has 0 spiro atoms. The van der Waals surface area contributed by atoms with E-state index in [-0.39, 0.29) is 35.3 Å². The van der Waals surface area contributed by atoms with Gasteiger partial charge in [0.05, 0.1) is 22.4 Å². The Balaban J connectivity index is 1.61. The number of hydrogen-bond donors (Lipinski definition) is 0. The van der Waals surface area contributed by atoms with Crippen LogP contribution in [0.2, 0.25) is 0 Å². The molecule has 4 rings (SSSR count). The van der Waals surface area contributed by atoms with Gasteiger partial charge in [-0.1, -0.05) is 36.4 Å². The minimum absolute atomic E-state index is 0.125. The molecule has 26 heavy (non-hydrogen) atoms. The molecule has 0 N–H and O–H groups in total. The van der Waals surface area contributed by atoms with Crippen LogP contribution in [0.25, 0.3) is 0 Å². The summed E-state index contributed by atoms with van der Waals surface area (Å²) in [5.41, 5.74) is 1.36. The smallest absolute Gasteiger partial charge is 0.271 e. The zero-order valence-electron chi connectivity index (χ0n) is 14.1. The summed E-state index contributed by atoms with van der Waals surface area (Å²) < 4.78 is 0. The largest absolute Gasteiger partial charge is 0.274 e. The number of hydrogen-bond acceptors (Lipinski definition) is 4. The van der Waals surface area contributed by atoms with Crippen LogP contribution in [0, 0.1) is 22.0 Å². The lowest BCUT2D eigenvalue weighted by Gasteiger charge is -2.28. The van der Waals surface area contributed by atoms with E-state index in [0.29, 0.717) is 18.5 Å². The summed E-state index contributed by atoms with van der Waals surface area (Å²) in [6.45, 7) is 0. The van der Waals surface area contributed by atoms with Crippen molar-refractivity contribution in [3.8, 4) is 0 Å². The summed E-state index contributed by atoms with van der Waals surface area (Å²) >= 11 is 0. The molecule has 2 aromatic rings. The van der Waals surface area contributed by atoms with Gasteiger partial charge in [0.15, 0.2) is 0 Å². The summed E-state index contributed by atoms with van der Waals surface area (Å²) in [5.74, 6) is -0.866. The van der Waals surface area contributed by atoms with Gasteiger partial charge in [0.25, 0.3) is 5.69 Å². The Morgan fingerprint density at radius 2 is 1.65 bits per heavy atom. The third kappa shape index (κ3) is 2.67. The van der Waals surface area contributed by atoms with Crippen molar-refractivity contribution in [2.24, 2.45) is 11.8 Å². The van der Waals surface area contributed by atoms with Crippen LogP contribution in [0.3, 0.4) is 0 Å². The predicted octanol–water partition coefficient (Wildman–Crippen LogP) is 3.67. The highest BCUT2D eigenvalue weighted by atomic mass is 16.6. The minimum atomic E-state index is -0.521. The number of nitro benzene ring substituents is 1. The molecular formula is C20H18N2O4. The van der Waals surface area contributed by atoms with E-state index >= 15 is 0 Å². The summed E-state index contributed by atoms with van der Waals surface area (Å²) in [5, 5.41) is 11.0. The molecule has 6 nitrogen and oxygen atoms in total. The van der Waals surface area contributed by atoms with Crippen LogP contribution in [0.4, 0.5) is 11.4 Å². The van der Waals surface area contributed by atoms with Crippen molar-refractivity contribution in [3.63, 3.8) is 0 Å². The molecule has 2 fully saturated rings. The third-order valence-corrected chi connectivity index (χ3v) is 5.50. The Kier molecular flexibility index (Phi) is 4.03. The van der Waals surface area contributed by atoms with Crippen LogP contribution < -0.4 is 4.90 Å². The van der Waals surface area contributed by atoms with Crippen molar-refractivity contribution in [1.82, 2.24) is 0 Å². The van der Waals surface area contributed by atoms with Crippen LogP contribution in [-0.4, -0.2) is 16.7 Å². The van der Waals surface area contributed by atoms with Gasteiger partial charge >= 0.3 is 0 Å². The topological polar surface area (TPSA) is 80.5 Å². The zero-order valence-corrected chi connectivity index (χ0v) is 14.1. The number of nitro groups is 1. The molecule has 6 heteroatoms. The van der Waals surface area contributed by atoms with E-state index < -0.39 is 4.92 Å². The second-order valence-electron chi connectivity index (χ2n) is 6.92. The van der Waals surface area contributed by atoms with E-state index in [0.717, 1.165) is 11.3 Å². The van der Waals surface area contributed by atoms with Gasteiger partial charge < -0.3 is 0 Å². The van der Waals surface area contributed by atoms with E-state index in [2.05, 4.69) is 12.1 Å². The number of benzene rings is 2. The lowest BCUT2D eigenvalue weighted by Crippen LogP contribution is -2.30. The number of carbonyl (C=O) groups excluding carboxylic acids is 2. The Hall–Kier alpha value is -3.02. The number of non-ortho nitro benzene ring substituents is 1. The highest BCUT2D eigenvalue weighted by Gasteiger charge is 2.50. The molecule has 1 saturated heterocycles. The first-order valence-electron chi connectivity index (χ1n) is 8.73. The molecule has 3 atom stereocenters. The number of carbonyl (C=O) groups is 2. The summed E-state index contributed by atoms with van der Waals surface area (Å²) in [6.07, 6.45) is 2.18. The fourth-order valence-corrected chi connectivity index (χ4v) is 4.21. The van der Waals surface area contributed by atoms with E-state index in [4.69, 9.17) is 0 Å². The molecule has 2 aliphatic rings. The summed E-state index contributed by atoms with van der Waals surface area (Å²) in [7, 11) is 0. The van der Waals surface area contributed by atoms with E-state index in [1.54, 1.807) is 6.07 Å². The maximum Gasteiger partial charge on any atom is 0.271 e. The Morgan fingerprint density at radius 3 is 2.38 bits per heavy atom. The number of rotatable bonds is 3. The van der Waals surface area contributed by atoms with Crippen LogP contribution in [-0.2, 0) is 9.59 Å². The number of fused-ring (bicyclic) bond motifs is 1. The van der Waals surface area contributed by atoms with E-state index in [1.807, 2.05) is 18.2 Å². The third-order valence-electron chi connectivity index (χ3n) is 5.50. The highest BCUT2D eigenvalue weighted by Crippen LogP contribution is 2.45. The maximum atomic E-state index is 12.9. The van der Waals surface area contributed by atoms with E-state index in [9.17, 15) is 19.7 Å². The number of nitrogens with zero attached hydrogens (tertiary/aromatic N) is 2. The second kappa shape index (κ2) is 6.37. The van der Waals surface area contributed by atoms with Crippen molar-refractivity contribution >= 4 is 23.2 Å². The van der Waals surface area contributed by atoms with Crippen molar-refractivity contribution in [2.75, 3.05) is 4.90 Å². The van der Waals surface area contributed by atoms with Crippen LogP contribution in [0.5, 0.6) is 0 Å². The minimum Gasteiger partial charge on any atom is -0.274 e. The molecule has 0 unspecified atom stereocenters. The van der Waals surface area contributed by atoms with Gasteiger partial charge in [-0.3, -0.25) is 19.7 Å². The molecular weight excluding hydrogens is 332 g/mol. The molecule has 2 amide bonds. The molecule has 0 radical (unpaired) electrons. The van der Waals surface area contributed by atoms with Crippen molar-refractivity contribution < 1.29 is 14.5 Å². The molecule has 1 aliphatic heterocycles. The summed E-state index contributed by atoms with van der Waals surface area (Å²) in [4.78, 5) is 37.4. The predicted molar refractivity (Wildman–Crippen MR) is 95.6 cm³/mol. The first-order chi connectivity index (χ1) is 12.6. The first kappa shape index (κ1) is 16.4. The van der Waals surface area contributed by atoms with Gasteiger partial charge in [-0.15, -0.1) is 0 Å². The Labute approximate surface area is 150 Å². The zero-order chi connectivity index (χ0) is 18.3. The van der Waals surface area contributed by atoms with E-state index in [1.165, 1.54) is 23.8 Å². The van der Waals surface area contributed by atoms with Crippen LogP contribution in [0.1, 0.15) is 30.7 Å². The Morgan fingerprint density at radius 1 is 0.923 bits per heavy atom. The van der Waals surface area contributed by atoms with Gasteiger partial charge in [-0.05, 0) is 36.8 Å². The lowest BCUT2D eigenvalue weighted by molar-refractivity contribution is -0.384. The van der Waals surface area contributed by atoms with Gasteiger partial charge in [-0.2, -0.15) is 0 Å². The monoisotopic (exact) mass is 350 g/mol. The van der Waals surface area contributed by atoms with Gasteiger partial charge in [-0.25, -0.2) is 4.90 Å². The number of imide groups is 1. The highest BCUT2D eigenvalue weighted by molar-refractivity contribution is 6.22.